The second-order valence-electron chi connectivity index (χ2n) is 9.20. The zero-order chi connectivity index (χ0) is 20.5. The van der Waals surface area contributed by atoms with E-state index in [4.69, 9.17) is 0 Å². The second-order valence-corrected chi connectivity index (χ2v) is 10.1. The SMILES string of the molecule is CC1CC2CC(C)C(NC(=O)C(C)(C)NSc3ccccc3[N+](=O)[O-])C(C1)C2. The van der Waals surface area contributed by atoms with Crippen molar-refractivity contribution in [2.24, 2.45) is 23.7 Å². The molecule has 2 fully saturated rings. The van der Waals surface area contributed by atoms with Crippen molar-refractivity contribution >= 4 is 23.5 Å². The Hall–Kier alpha value is -1.60. The number of hydrogen-bond donors (Lipinski definition) is 2. The van der Waals surface area contributed by atoms with Gasteiger partial charge in [-0.3, -0.25) is 14.9 Å². The summed E-state index contributed by atoms with van der Waals surface area (Å²) in [6.07, 6.45) is 4.91. The molecule has 0 heterocycles. The van der Waals surface area contributed by atoms with Crippen LogP contribution in [0.3, 0.4) is 0 Å². The first-order valence-corrected chi connectivity index (χ1v) is 11.0. The highest BCUT2D eigenvalue weighted by Crippen LogP contribution is 2.45. The van der Waals surface area contributed by atoms with E-state index in [0.717, 1.165) is 23.8 Å². The van der Waals surface area contributed by atoms with Gasteiger partial charge in [0.25, 0.3) is 5.69 Å². The molecule has 1 amide bonds. The second kappa shape index (κ2) is 8.41. The van der Waals surface area contributed by atoms with E-state index in [9.17, 15) is 14.9 Å². The number of para-hydroxylation sites is 1. The third-order valence-electron chi connectivity index (χ3n) is 6.25. The number of fused-ring (bicyclic) bond motifs is 2. The van der Waals surface area contributed by atoms with Crippen LogP contribution in [0.1, 0.15) is 53.4 Å². The highest BCUT2D eigenvalue weighted by Gasteiger charge is 2.42. The molecule has 0 aliphatic heterocycles. The topological polar surface area (TPSA) is 84.3 Å². The molecule has 5 atom stereocenters. The van der Waals surface area contributed by atoms with Gasteiger partial charge in [-0.15, -0.1) is 0 Å². The summed E-state index contributed by atoms with van der Waals surface area (Å²) in [5, 5.41) is 14.5. The lowest BCUT2D eigenvalue weighted by Crippen LogP contribution is -2.58. The van der Waals surface area contributed by atoms with E-state index in [1.165, 1.54) is 31.7 Å². The molecular formula is C21H31N3O3S. The molecule has 7 heteroatoms. The van der Waals surface area contributed by atoms with Gasteiger partial charge in [0.15, 0.2) is 0 Å². The van der Waals surface area contributed by atoms with Gasteiger partial charge >= 0.3 is 0 Å². The number of nitrogens with one attached hydrogen (secondary N) is 2. The van der Waals surface area contributed by atoms with Crippen molar-refractivity contribution in [2.45, 2.75) is 69.9 Å². The third-order valence-corrected chi connectivity index (χ3v) is 7.42. The largest absolute Gasteiger partial charge is 0.351 e. The van der Waals surface area contributed by atoms with Gasteiger partial charge in [-0.05, 0) is 81.2 Å². The summed E-state index contributed by atoms with van der Waals surface area (Å²) < 4.78 is 3.14. The molecule has 154 valence electrons. The summed E-state index contributed by atoms with van der Waals surface area (Å²) in [5.74, 6) is 2.53. The first kappa shape index (κ1) is 21.1. The van der Waals surface area contributed by atoms with Gasteiger partial charge < -0.3 is 5.32 Å². The van der Waals surface area contributed by atoms with E-state index in [-0.39, 0.29) is 17.6 Å². The van der Waals surface area contributed by atoms with Crippen molar-refractivity contribution in [3.8, 4) is 0 Å². The zero-order valence-corrected chi connectivity index (χ0v) is 17.9. The van der Waals surface area contributed by atoms with E-state index >= 15 is 0 Å². The first-order valence-electron chi connectivity index (χ1n) is 10.2. The number of carbonyl (C=O) groups is 1. The lowest BCUT2D eigenvalue weighted by molar-refractivity contribution is -0.387. The Labute approximate surface area is 171 Å². The average Bonchev–Trinajstić information content (AvgIpc) is 2.62. The average molecular weight is 406 g/mol. The molecule has 1 aromatic rings. The number of benzene rings is 1. The molecule has 2 saturated carbocycles. The van der Waals surface area contributed by atoms with Crippen molar-refractivity contribution in [3.05, 3.63) is 34.4 Å². The van der Waals surface area contributed by atoms with Crippen LogP contribution in [0.15, 0.2) is 29.2 Å². The number of hydrogen-bond acceptors (Lipinski definition) is 5. The summed E-state index contributed by atoms with van der Waals surface area (Å²) in [5.41, 5.74) is -0.801. The number of nitrogens with zero attached hydrogens (tertiary/aromatic N) is 1. The maximum absolute atomic E-state index is 13.0. The van der Waals surface area contributed by atoms with Crippen LogP contribution in [0.4, 0.5) is 5.69 Å². The van der Waals surface area contributed by atoms with Crippen LogP contribution >= 0.6 is 11.9 Å². The molecule has 1 aromatic carbocycles. The Morgan fingerprint density at radius 1 is 1.18 bits per heavy atom. The summed E-state index contributed by atoms with van der Waals surface area (Å²) >= 11 is 1.14. The number of nitro benzene ring substituents is 1. The van der Waals surface area contributed by atoms with Crippen molar-refractivity contribution in [3.63, 3.8) is 0 Å². The van der Waals surface area contributed by atoms with Crippen molar-refractivity contribution < 1.29 is 9.72 Å². The molecule has 28 heavy (non-hydrogen) atoms. The zero-order valence-electron chi connectivity index (χ0n) is 17.1. The minimum absolute atomic E-state index is 0.0411. The van der Waals surface area contributed by atoms with Gasteiger partial charge in [-0.25, -0.2) is 4.72 Å². The maximum atomic E-state index is 13.0. The molecule has 0 radical (unpaired) electrons. The monoisotopic (exact) mass is 405 g/mol. The van der Waals surface area contributed by atoms with Crippen molar-refractivity contribution in [1.82, 2.24) is 10.0 Å². The minimum Gasteiger partial charge on any atom is -0.351 e. The van der Waals surface area contributed by atoms with Crippen LogP contribution in [-0.4, -0.2) is 22.4 Å². The van der Waals surface area contributed by atoms with Gasteiger partial charge in [0, 0.05) is 12.1 Å². The standard InChI is InChI=1S/C21H31N3O3S/c1-13-9-15-11-14(2)19(16(10-13)12-15)22-20(25)21(3,4)23-28-18-8-6-5-7-17(18)24(26)27/h5-8,13-16,19,23H,9-12H2,1-4H3,(H,22,25). The van der Waals surface area contributed by atoms with Crippen LogP contribution in [0.25, 0.3) is 0 Å². The molecule has 2 aliphatic rings. The van der Waals surface area contributed by atoms with Gasteiger partial charge in [-0.2, -0.15) is 0 Å². The fraction of sp³-hybridized carbons (Fsp3) is 0.667. The van der Waals surface area contributed by atoms with Crippen LogP contribution in [0.5, 0.6) is 0 Å². The highest BCUT2D eigenvalue weighted by atomic mass is 32.2. The van der Waals surface area contributed by atoms with Gasteiger partial charge in [-0.1, -0.05) is 26.0 Å². The molecule has 2 N–H and O–H groups in total. The molecule has 6 nitrogen and oxygen atoms in total. The predicted octanol–water partition coefficient (Wildman–Crippen LogP) is 4.55. The van der Waals surface area contributed by atoms with E-state index in [2.05, 4.69) is 23.9 Å². The number of amides is 1. The van der Waals surface area contributed by atoms with Crippen molar-refractivity contribution in [2.75, 3.05) is 0 Å². The van der Waals surface area contributed by atoms with Gasteiger partial charge in [0.2, 0.25) is 5.91 Å². The summed E-state index contributed by atoms with van der Waals surface area (Å²) in [7, 11) is 0. The Balaban J connectivity index is 1.64. The Morgan fingerprint density at radius 2 is 1.89 bits per heavy atom. The van der Waals surface area contributed by atoms with Crippen LogP contribution < -0.4 is 10.0 Å². The Bertz CT molecular complexity index is 735. The van der Waals surface area contributed by atoms with E-state index in [1.807, 2.05) is 13.8 Å². The lowest BCUT2D eigenvalue weighted by atomic mass is 9.63. The number of nitro groups is 1. The van der Waals surface area contributed by atoms with Crippen LogP contribution in [0.2, 0.25) is 0 Å². The summed E-state index contributed by atoms with van der Waals surface area (Å²) in [4.78, 5) is 24.3. The summed E-state index contributed by atoms with van der Waals surface area (Å²) in [6.45, 7) is 8.22. The number of rotatable bonds is 6. The molecule has 3 rings (SSSR count). The Morgan fingerprint density at radius 3 is 2.61 bits per heavy atom. The minimum atomic E-state index is -0.842. The molecule has 2 aliphatic carbocycles. The van der Waals surface area contributed by atoms with E-state index < -0.39 is 10.5 Å². The van der Waals surface area contributed by atoms with Gasteiger partial charge in [0.05, 0.1) is 4.92 Å². The molecule has 0 spiro atoms. The molecular weight excluding hydrogens is 374 g/mol. The molecule has 2 bridgehead atoms. The van der Waals surface area contributed by atoms with Gasteiger partial charge in [0.1, 0.15) is 10.4 Å². The van der Waals surface area contributed by atoms with E-state index in [0.29, 0.717) is 16.7 Å². The molecule has 0 saturated heterocycles. The third kappa shape index (κ3) is 4.69. The molecule has 0 aromatic heterocycles. The summed E-state index contributed by atoms with van der Waals surface area (Å²) in [6, 6.07) is 6.78. The van der Waals surface area contributed by atoms with Crippen LogP contribution in [-0.2, 0) is 4.79 Å². The lowest BCUT2D eigenvalue weighted by Gasteiger charge is -2.47. The predicted molar refractivity (Wildman–Crippen MR) is 112 cm³/mol. The fourth-order valence-electron chi connectivity index (χ4n) is 4.94. The number of carbonyl (C=O) groups excluding carboxylic acids is 1. The quantitative estimate of drug-likeness (QED) is 0.412. The normalized spacial score (nSPS) is 29.9. The molecule has 5 unspecified atom stereocenters. The maximum Gasteiger partial charge on any atom is 0.284 e. The van der Waals surface area contributed by atoms with E-state index in [1.54, 1.807) is 18.2 Å². The fourth-order valence-corrected chi connectivity index (χ4v) is 5.79. The highest BCUT2D eigenvalue weighted by molar-refractivity contribution is 7.97. The smallest absolute Gasteiger partial charge is 0.284 e. The first-order chi connectivity index (χ1) is 13.2. The van der Waals surface area contributed by atoms with Crippen molar-refractivity contribution in [1.29, 1.82) is 0 Å². The Kier molecular flexibility index (Phi) is 6.34. The van der Waals surface area contributed by atoms with Crippen LogP contribution in [0, 0.1) is 33.8 Å².